The highest BCUT2D eigenvalue weighted by Gasteiger charge is 2.26. The molecule has 1 saturated heterocycles. The number of hydrogen-bond donors (Lipinski definition) is 1. The van der Waals surface area contributed by atoms with E-state index in [1.807, 2.05) is 32.0 Å². The standard InChI is InChI=1S/C21H26N2O5S/c1-16-3-4-17(2)20(15-16)21(24)22-9-12-28-18-5-7-19(8-6-18)29(25,26)23-10-13-27-14-11-23/h3-8,15H,9-14H2,1-2H3,(H,22,24). The third-order valence-corrected chi connectivity index (χ3v) is 6.64. The maximum Gasteiger partial charge on any atom is 0.251 e. The minimum absolute atomic E-state index is 0.137. The van der Waals surface area contributed by atoms with Gasteiger partial charge in [0.2, 0.25) is 10.0 Å². The lowest BCUT2D eigenvalue weighted by atomic mass is 10.1. The summed E-state index contributed by atoms with van der Waals surface area (Å²) >= 11 is 0. The van der Waals surface area contributed by atoms with Gasteiger partial charge in [-0.3, -0.25) is 4.79 Å². The number of aryl methyl sites for hydroxylation is 2. The van der Waals surface area contributed by atoms with E-state index in [0.717, 1.165) is 11.1 Å². The lowest BCUT2D eigenvalue weighted by Gasteiger charge is -2.26. The summed E-state index contributed by atoms with van der Waals surface area (Å²) in [6.45, 7) is 6.02. The number of sulfonamides is 1. The Balaban J connectivity index is 1.50. The van der Waals surface area contributed by atoms with Crippen LogP contribution in [0.1, 0.15) is 21.5 Å². The van der Waals surface area contributed by atoms with E-state index in [9.17, 15) is 13.2 Å². The molecule has 1 aliphatic heterocycles. The van der Waals surface area contributed by atoms with Crippen molar-refractivity contribution < 1.29 is 22.7 Å². The number of nitrogens with zero attached hydrogens (tertiary/aromatic N) is 1. The number of ether oxygens (including phenoxy) is 2. The van der Waals surface area contributed by atoms with Crippen LogP contribution in [0.15, 0.2) is 47.4 Å². The van der Waals surface area contributed by atoms with E-state index in [0.29, 0.717) is 44.2 Å². The largest absolute Gasteiger partial charge is 0.492 e. The molecule has 2 aromatic rings. The molecule has 0 unspecified atom stereocenters. The Labute approximate surface area is 171 Å². The van der Waals surface area contributed by atoms with E-state index in [-0.39, 0.29) is 17.4 Å². The first kappa shape index (κ1) is 21.3. The van der Waals surface area contributed by atoms with Gasteiger partial charge >= 0.3 is 0 Å². The number of benzene rings is 2. The van der Waals surface area contributed by atoms with Gasteiger partial charge in [0.1, 0.15) is 12.4 Å². The topological polar surface area (TPSA) is 84.9 Å². The van der Waals surface area contributed by atoms with Crippen molar-refractivity contribution in [3.8, 4) is 5.75 Å². The summed E-state index contributed by atoms with van der Waals surface area (Å²) in [5.74, 6) is 0.411. The Morgan fingerprint density at radius 3 is 2.48 bits per heavy atom. The molecule has 29 heavy (non-hydrogen) atoms. The molecule has 1 N–H and O–H groups in total. The summed E-state index contributed by atoms with van der Waals surface area (Å²) in [6.07, 6.45) is 0. The minimum Gasteiger partial charge on any atom is -0.492 e. The number of morpholine rings is 1. The fourth-order valence-electron chi connectivity index (χ4n) is 3.05. The third-order valence-electron chi connectivity index (χ3n) is 4.73. The van der Waals surface area contributed by atoms with Crippen molar-refractivity contribution in [3.63, 3.8) is 0 Å². The monoisotopic (exact) mass is 418 g/mol. The first-order valence-electron chi connectivity index (χ1n) is 9.54. The first-order chi connectivity index (χ1) is 13.9. The molecule has 156 valence electrons. The number of carbonyl (C=O) groups excluding carboxylic acids is 1. The van der Waals surface area contributed by atoms with Crippen LogP contribution in [-0.2, 0) is 14.8 Å². The maximum atomic E-state index is 12.6. The Morgan fingerprint density at radius 2 is 1.79 bits per heavy atom. The molecule has 0 radical (unpaired) electrons. The van der Waals surface area contributed by atoms with Gasteiger partial charge in [0, 0.05) is 18.7 Å². The Hall–Kier alpha value is -2.42. The second-order valence-electron chi connectivity index (χ2n) is 6.91. The normalized spacial score (nSPS) is 15.1. The smallest absolute Gasteiger partial charge is 0.251 e. The quantitative estimate of drug-likeness (QED) is 0.697. The van der Waals surface area contributed by atoms with Crippen LogP contribution < -0.4 is 10.1 Å². The molecule has 0 aliphatic carbocycles. The summed E-state index contributed by atoms with van der Waals surface area (Å²) < 4.78 is 37.5. The highest BCUT2D eigenvalue weighted by molar-refractivity contribution is 7.89. The fourth-order valence-corrected chi connectivity index (χ4v) is 4.46. The van der Waals surface area contributed by atoms with E-state index in [1.165, 1.54) is 16.4 Å². The molecule has 0 bridgehead atoms. The zero-order valence-electron chi connectivity index (χ0n) is 16.7. The van der Waals surface area contributed by atoms with Crippen LogP contribution in [0.2, 0.25) is 0 Å². The number of hydrogen-bond acceptors (Lipinski definition) is 5. The second kappa shape index (κ2) is 9.39. The Morgan fingerprint density at radius 1 is 1.10 bits per heavy atom. The minimum atomic E-state index is -3.51. The molecule has 7 nitrogen and oxygen atoms in total. The highest BCUT2D eigenvalue weighted by Crippen LogP contribution is 2.20. The van der Waals surface area contributed by atoms with Gasteiger partial charge in [-0.25, -0.2) is 8.42 Å². The van der Waals surface area contributed by atoms with Crippen molar-refractivity contribution in [2.75, 3.05) is 39.5 Å². The van der Waals surface area contributed by atoms with Gasteiger partial charge in [-0.15, -0.1) is 0 Å². The van der Waals surface area contributed by atoms with Crippen molar-refractivity contribution in [2.45, 2.75) is 18.7 Å². The molecule has 2 aromatic carbocycles. The van der Waals surface area contributed by atoms with Gasteiger partial charge in [0.25, 0.3) is 5.91 Å². The summed E-state index contributed by atoms with van der Waals surface area (Å²) in [5, 5.41) is 2.84. The number of carbonyl (C=O) groups is 1. The van der Waals surface area contributed by atoms with Crippen LogP contribution in [-0.4, -0.2) is 58.1 Å². The van der Waals surface area contributed by atoms with Gasteiger partial charge in [0.15, 0.2) is 0 Å². The van der Waals surface area contributed by atoms with Gasteiger partial charge in [-0.2, -0.15) is 4.31 Å². The van der Waals surface area contributed by atoms with Crippen molar-refractivity contribution in [2.24, 2.45) is 0 Å². The molecule has 1 aliphatic rings. The van der Waals surface area contributed by atoms with Crippen molar-refractivity contribution in [1.82, 2.24) is 9.62 Å². The Kier molecular flexibility index (Phi) is 6.89. The molecule has 0 aromatic heterocycles. The molecule has 0 spiro atoms. The van der Waals surface area contributed by atoms with Gasteiger partial charge in [-0.1, -0.05) is 17.7 Å². The zero-order chi connectivity index (χ0) is 20.9. The van der Waals surface area contributed by atoms with Crippen LogP contribution in [0, 0.1) is 13.8 Å². The lowest BCUT2D eigenvalue weighted by Crippen LogP contribution is -2.40. The van der Waals surface area contributed by atoms with E-state index in [4.69, 9.17) is 9.47 Å². The van der Waals surface area contributed by atoms with Gasteiger partial charge in [-0.05, 0) is 49.7 Å². The van der Waals surface area contributed by atoms with Crippen LogP contribution in [0.5, 0.6) is 5.75 Å². The molecular formula is C21H26N2O5S. The number of nitrogens with one attached hydrogen (secondary N) is 1. The first-order valence-corrected chi connectivity index (χ1v) is 11.0. The molecule has 1 heterocycles. The highest BCUT2D eigenvalue weighted by atomic mass is 32.2. The van der Waals surface area contributed by atoms with Crippen molar-refractivity contribution >= 4 is 15.9 Å². The predicted octanol–water partition coefficient (Wildman–Crippen LogP) is 2.13. The lowest BCUT2D eigenvalue weighted by molar-refractivity contribution is 0.0730. The summed E-state index contributed by atoms with van der Waals surface area (Å²) in [4.78, 5) is 12.5. The van der Waals surface area contributed by atoms with Gasteiger partial charge in [0.05, 0.1) is 24.7 Å². The molecular weight excluding hydrogens is 392 g/mol. The molecule has 1 amide bonds. The predicted molar refractivity (Wildman–Crippen MR) is 110 cm³/mol. The number of rotatable bonds is 7. The SMILES string of the molecule is Cc1ccc(C)c(C(=O)NCCOc2ccc(S(=O)(=O)N3CCOCC3)cc2)c1. The van der Waals surface area contributed by atoms with E-state index < -0.39 is 10.0 Å². The van der Waals surface area contributed by atoms with Crippen LogP contribution >= 0.6 is 0 Å². The molecule has 0 atom stereocenters. The summed E-state index contributed by atoms with van der Waals surface area (Å²) in [6, 6.07) is 12.1. The van der Waals surface area contributed by atoms with Crippen molar-refractivity contribution in [1.29, 1.82) is 0 Å². The molecule has 8 heteroatoms. The fraction of sp³-hybridized carbons (Fsp3) is 0.381. The second-order valence-corrected chi connectivity index (χ2v) is 8.85. The Bertz CT molecular complexity index is 952. The molecule has 0 saturated carbocycles. The van der Waals surface area contributed by atoms with E-state index >= 15 is 0 Å². The maximum absolute atomic E-state index is 12.6. The third kappa shape index (κ3) is 5.35. The van der Waals surface area contributed by atoms with Gasteiger partial charge < -0.3 is 14.8 Å². The van der Waals surface area contributed by atoms with Crippen molar-refractivity contribution in [3.05, 3.63) is 59.2 Å². The average Bonchev–Trinajstić information content (AvgIpc) is 2.73. The summed E-state index contributed by atoms with van der Waals surface area (Å²) in [5.41, 5.74) is 2.61. The van der Waals surface area contributed by atoms with E-state index in [1.54, 1.807) is 12.1 Å². The van der Waals surface area contributed by atoms with Crippen LogP contribution in [0.3, 0.4) is 0 Å². The van der Waals surface area contributed by atoms with Crippen LogP contribution in [0.4, 0.5) is 0 Å². The molecule has 3 rings (SSSR count). The van der Waals surface area contributed by atoms with Crippen LogP contribution in [0.25, 0.3) is 0 Å². The average molecular weight is 419 g/mol. The zero-order valence-corrected chi connectivity index (χ0v) is 17.5. The number of amides is 1. The van der Waals surface area contributed by atoms with E-state index in [2.05, 4.69) is 5.32 Å². The summed E-state index contributed by atoms with van der Waals surface area (Å²) in [7, 11) is -3.51. The molecule has 1 fully saturated rings.